The lowest BCUT2D eigenvalue weighted by Gasteiger charge is -2.09. The summed E-state index contributed by atoms with van der Waals surface area (Å²) in [7, 11) is 0. The SMILES string of the molecule is CSC1=C(SC)SC(=C2SC3=C(SC(=CC=C4SC5=C(SCSC6=C(SCS5)SC(=CC=C5SC7=C(S5)SC(=C5SC(CS)=C(CS)S5)S7)S6)S4)S3)S2)S1. The highest BCUT2D eigenvalue weighted by Crippen LogP contribution is 2.72. The second kappa shape index (κ2) is 21.1. The van der Waals surface area contributed by atoms with Gasteiger partial charge in [0.1, 0.15) is 0 Å². The summed E-state index contributed by atoms with van der Waals surface area (Å²) < 4.78 is 25.9. The highest BCUT2D eigenvalue weighted by atomic mass is 32.3. The molecule has 0 fully saturated rings. The van der Waals surface area contributed by atoms with E-state index in [1.807, 2.05) is 259 Å². The van der Waals surface area contributed by atoms with Crippen molar-refractivity contribution in [1.82, 2.24) is 0 Å². The van der Waals surface area contributed by atoms with Crippen LogP contribution in [-0.4, -0.2) is 34.2 Å². The molecule has 0 N–H and O–H groups in total. The highest BCUT2D eigenvalue weighted by Gasteiger charge is 2.36. The Hall–Kier alpha value is 5.28. The first kappa shape index (κ1) is 44.5. The van der Waals surface area contributed by atoms with Gasteiger partial charge >= 0.3 is 0 Å². The first-order valence-corrected chi connectivity index (χ1v) is 35.6. The number of rotatable bonds is 6. The Kier molecular flexibility index (Phi) is 17.4. The number of thioether (sulfide) groups is 22. The lowest BCUT2D eigenvalue weighted by Crippen LogP contribution is -1.80. The summed E-state index contributed by atoms with van der Waals surface area (Å²) in [6.07, 6.45) is 13.8. The molecule has 9 heterocycles. The summed E-state index contributed by atoms with van der Waals surface area (Å²) in [4.78, 5) is 2.72. The molecule has 9 aliphatic heterocycles. The van der Waals surface area contributed by atoms with Crippen LogP contribution >= 0.6 is 284 Å². The topological polar surface area (TPSA) is 0 Å². The van der Waals surface area contributed by atoms with E-state index in [2.05, 4.69) is 62.1 Å². The van der Waals surface area contributed by atoms with Gasteiger partial charge < -0.3 is 0 Å². The maximum Gasteiger partial charge on any atom is 0.0718 e. The lowest BCUT2D eigenvalue weighted by atomic mass is 10.6. The van der Waals surface area contributed by atoms with E-state index in [4.69, 9.17) is 0 Å². The lowest BCUT2D eigenvalue weighted by molar-refractivity contribution is 1.61. The maximum absolute atomic E-state index is 4.54. The second-order valence-electron chi connectivity index (χ2n) is 9.98. The number of hydrogen-bond donors (Lipinski definition) is 2. The zero-order chi connectivity index (χ0) is 36.8. The molecule has 9 aliphatic rings. The van der Waals surface area contributed by atoms with Crippen molar-refractivity contribution in [3.8, 4) is 0 Å². The van der Waals surface area contributed by atoms with Crippen molar-refractivity contribution in [2.75, 3.05) is 34.2 Å². The normalized spacial score (nSPS) is 24.8. The number of allylic oxidation sites excluding steroid dienone is 4. The molecule has 0 radical (unpaired) electrons. The van der Waals surface area contributed by atoms with Crippen LogP contribution in [0.2, 0.25) is 0 Å². The Morgan fingerprint density at radius 1 is 0.370 bits per heavy atom. The molecule has 0 nitrogen and oxygen atoms in total. The van der Waals surface area contributed by atoms with E-state index in [0.29, 0.717) is 0 Å². The average Bonchev–Trinajstić information content (AvgIpc) is 4.02. The highest BCUT2D eigenvalue weighted by molar-refractivity contribution is 8.51. The molecular formula is C30H20S24. The third-order valence-electron chi connectivity index (χ3n) is 6.70. The fraction of sp³-hybridized carbons (Fsp3) is 0.200. The molecule has 0 unspecified atom stereocenters. The summed E-state index contributed by atoms with van der Waals surface area (Å²) in [6, 6.07) is 0. The van der Waals surface area contributed by atoms with Gasteiger partial charge in [-0.05, 0) is 36.8 Å². The van der Waals surface area contributed by atoms with Crippen molar-refractivity contribution in [3.05, 3.63) is 110 Å². The summed E-state index contributed by atoms with van der Waals surface area (Å²) in [5, 5.41) is 2.10. The van der Waals surface area contributed by atoms with Crippen molar-refractivity contribution >= 4 is 284 Å². The van der Waals surface area contributed by atoms with E-state index >= 15 is 0 Å². The predicted octanol–water partition coefficient (Wildman–Crippen LogP) is 19.7. The zero-order valence-electron chi connectivity index (χ0n) is 27.0. The Bertz CT molecular complexity index is 1800. The van der Waals surface area contributed by atoms with Gasteiger partial charge in [0.2, 0.25) is 0 Å². The van der Waals surface area contributed by atoms with Gasteiger partial charge in [-0.3, -0.25) is 0 Å². The van der Waals surface area contributed by atoms with E-state index < -0.39 is 0 Å². The minimum absolute atomic E-state index is 0.795. The van der Waals surface area contributed by atoms with Crippen molar-refractivity contribution in [2.24, 2.45) is 0 Å². The quantitative estimate of drug-likeness (QED) is 0.242. The van der Waals surface area contributed by atoms with Crippen molar-refractivity contribution in [1.29, 1.82) is 0 Å². The van der Waals surface area contributed by atoms with E-state index in [1.54, 1.807) is 0 Å². The average molecular weight is 1150 g/mol. The summed E-state index contributed by atoms with van der Waals surface area (Å²) >= 11 is 52.0. The zero-order valence-corrected chi connectivity index (χ0v) is 46.8. The molecule has 0 aromatic heterocycles. The number of thiol groups is 2. The minimum Gasteiger partial charge on any atom is -0.174 e. The molecule has 0 aromatic carbocycles. The van der Waals surface area contributed by atoms with Crippen LogP contribution in [0.25, 0.3) is 0 Å². The van der Waals surface area contributed by atoms with Crippen LogP contribution in [-0.2, 0) is 0 Å². The van der Waals surface area contributed by atoms with E-state index in [1.165, 1.54) is 86.1 Å². The first-order valence-electron chi connectivity index (χ1n) is 14.9. The van der Waals surface area contributed by atoms with Gasteiger partial charge in [0.25, 0.3) is 0 Å². The molecule has 284 valence electrons. The van der Waals surface area contributed by atoms with Gasteiger partial charge in [0.05, 0.1) is 76.3 Å². The van der Waals surface area contributed by atoms with E-state index in [9.17, 15) is 0 Å². The molecule has 54 heavy (non-hydrogen) atoms. The van der Waals surface area contributed by atoms with Crippen LogP contribution in [0.3, 0.4) is 0 Å². The molecule has 0 saturated carbocycles. The molecule has 9 rings (SSSR count). The van der Waals surface area contributed by atoms with Gasteiger partial charge in [-0.15, -0.1) is 70.6 Å². The number of hydrogen-bond acceptors (Lipinski definition) is 24. The predicted molar refractivity (Wildman–Crippen MR) is 305 cm³/mol. The van der Waals surface area contributed by atoms with Gasteiger partial charge in [-0.25, -0.2) is 0 Å². The van der Waals surface area contributed by atoms with Crippen LogP contribution < -0.4 is 0 Å². The maximum atomic E-state index is 4.54. The largest absolute Gasteiger partial charge is 0.174 e. The molecule has 0 aliphatic carbocycles. The van der Waals surface area contributed by atoms with Gasteiger partial charge in [0.15, 0.2) is 0 Å². The van der Waals surface area contributed by atoms with Crippen LogP contribution in [0.15, 0.2) is 110 Å². The van der Waals surface area contributed by atoms with Crippen LogP contribution in [0.4, 0.5) is 0 Å². The molecular weight excluding hydrogens is 1130 g/mol. The van der Waals surface area contributed by atoms with Gasteiger partial charge in [-0.1, -0.05) is 188 Å². The fourth-order valence-electron chi connectivity index (χ4n) is 4.40. The molecule has 0 spiro atoms. The smallest absolute Gasteiger partial charge is 0.0718 e. The Labute approximate surface area is 421 Å². The summed E-state index contributed by atoms with van der Waals surface area (Å²) in [6.45, 7) is 0. The summed E-state index contributed by atoms with van der Waals surface area (Å²) in [5.41, 5.74) is 0. The van der Waals surface area contributed by atoms with Crippen LogP contribution in [0.1, 0.15) is 0 Å². The van der Waals surface area contributed by atoms with Crippen LogP contribution in [0.5, 0.6) is 0 Å². The first-order chi connectivity index (χ1) is 26.5. The van der Waals surface area contributed by atoms with Crippen molar-refractivity contribution in [3.63, 3.8) is 0 Å². The molecule has 0 atom stereocenters. The molecule has 0 saturated heterocycles. The molecule has 0 aromatic rings. The van der Waals surface area contributed by atoms with Crippen molar-refractivity contribution in [2.45, 2.75) is 0 Å². The molecule has 0 amide bonds. The van der Waals surface area contributed by atoms with E-state index in [-0.39, 0.29) is 0 Å². The fourth-order valence-corrected chi connectivity index (χ4v) is 38.2. The Morgan fingerprint density at radius 3 is 0.926 bits per heavy atom. The third kappa shape index (κ3) is 10.5. The third-order valence-corrected chi connectivity index (χ3v) is 38.9. The molecule has 24 heteroatoms. The van der Waals surface area contributed by atoms with Crippen LogP contribution in [0, 0.1) is 0 Å². The van der Waals surface area contributed by atoms with Gasteiger partial charge in [0, 0.05) is 31.5 Å². The minimum atomic E-state index is 0.795. The monoisotopic (exact) mass is 1150 g/mol. The standard InChI is InChI=1S/C30H20S24/c1-33-17-18(34-2)50-29(49-17)30-53-26-27(54-30)48-16(47-26)6-4-14-43-21-22(44-14)38-10-36-20-19(35-9-37-21)41-13(42-20)3-5-15-45-24-25(46-15)52-28(51-24)23-39-11(7-31)12(8-32)40-23/h3-6,31-32H,7-10H2,1-2H3. The Morgan fingerprint density at radius 2 is 0.630 bits per heavy atom. The Balaban J connectivity index is 0.738. The van der Waals surface area contributed by atoms with Gasteiger partial charge in [-0.2, -0.15) is 25.3 Å². The van der Waals surface area contributed by atoms with E-state index in [0.717, 1.165) is 21.7 Å². The molecule has 0 bridgehead atoms. The second-order valence-corrected chi connectivity index (χ2v) is 38.3. The van der Waals surface area contributed by atoms with Crippen molar-refractivity contribution < 1.29 is 0 Å². The summed E-state index contributed by atoms with van der Waals surface area (Å²) in [5.74, 6) is 1.59.